The molecule has 2 unspecified atom stereocenters. The molecule has 5 rings (SSSR count). The van der Waals surface area contributed by atoms with Gasteiger partial charge in [-0.25, -0.2) is 26.7 Å². The molecule has 0 aromatic heterocycles. The number of likely N-dealkylation sites (tertiary alicyclic amines) is 2. The van der Waals surface area contributed by atoms with Crippen LogP contribution in [0.15, 0.2) is 48.5 Å². The van der Waals surface area contributed by atoms with Gasteiger partial charge in [0.15, 0.2) is 0 Å². The van der Waals surface area contributed by atoms with Crippen molar-refractivity contribution < 1.29 is 22.0 Å². The number of carbonyl (C=O) groups excluding carboxylic acids is 1. The highest BCUT2D eigenvalue weighted by Gasteiger charge is 2.61. The van der Waals surface area contributed by atoms with E-state index in [-0.39, 0.29) is 36.8 Å². The quantitative estimate of drug-likeness (QED) is 0.722. The first-order valence-electron chi connectivity index (χ1n) is 11.2. The molecule has 2 atom stereocenters. The average Bonchev–Trinajstić information content (AvgIpc) is 3.48. The van der Waals surface area contributed by atoms with Crippen LogP contribution in [0.3, 0.4) is 0 Å². The van der Waals surface area contributed by atoms with Gasteiger partial charge in [-0.15, -0.1) is 0 Å². The molecule has 6 nitrogen and oxygen atoms in total. The first-order chi connectivity index (χ1) is 15.7. The Hall–Kier alpha value is -2.52. The van der Waals surface area contributed by atoms with Gasteiger partial charge in [0.1, 0.15) is 12.0 Å². The predicted octanol–water partition coefficient (Wildman–Crippen LogP) is 3.19. The highest BCUT2D eigenvalue weighted by Crippen LogP contribution is 2.56. The number of amides is 2. The molecule has 3 fully saturated rings. The monoisotopic (exact) mass is 475 g/mol. The Labute approximate surface area is 192 Å². The van der Waals surface area contributed by atoms with Crippen molar-refractivity contribution in [3.05, 3.63) is 59.9 Å². The molecule has 1 saturated carbocycles. The van der Waals surface area contributed by atoms with E-state index >= 15 is 4.39 Å². The van der Waals surface area contributed by atoms with Crippen molar-refractivity contribution in [2.45, 2.75) is 37.5 Å². The van der Waals surface area contributed by atoms with E-state index in [1.807, 2.05) is 30.3 Å². The predicted molar refractivity (Wildman–Crippen MR) is 121 cm³/mol. The Balaban J connectivity index is 1.49. The van der Waals surface area contributed by atoms with Gasteiger partial charge in [0.2, 0.25) is 10.0 Å². The Bertz CT molecular complexity index is 1160. The summed E-state index contributed by atoms with van der Waals surface area (Å²) in [6.07, 6.45) is 1.82. The van der Waals surface area contributed by atoms with E-state index in [4.69, 9.17) is 0 Å². The van der Waals surface area contributed by atoms with E-state index in [0.29, 0.717) is 17.7 Å². The molecule has 0 radical (unpaired) electrons. The molecule has 9 heteroatoms. The van der Waals surface area contributed by atoms with Crippen LogP contribution in [0, 0.1) is 11.2 Å². The Morgan fingerprint density at radius 1 is 1.12 bits per heavy atom. The summed E-state index contributed by atoms with van der Waals surface area (Å²) < 4.78 is 56.1. The maximum atomic E-state index is 15.6. The number of rotatable bonds is 5. The minimum atomic E-state index is -3.55. The second-order valence-electron chi connectivity index (χ2n) is 9.56. The van der Waals surface area contributed by atoms with Gasteiger partial charge < -0.3 is 9.80 Å². The molecule has 2 aliphatic heterocycles. The van der Waals surface area contributed by atoms with E-state index in [0.717, 1.165) is 24.7 Å². The van der Waals surface area contributed by atoms with Crippen molar-refractivity contribution in [1.82, 2.24) is 14.5 Å². The lowest BCUT2D eigenvalue weighted by Gasteiger charge is -2.39. The molecule has 2 heterocycles. The Kier molecular flexibility index (Phi) is 5.44. The van der Waals surface area contributed by atoms with Crippen LogP contribution in [0.25, 0.3) is 11.1 Å². The van der Waals surface area contributed by atoms with Crippen LogP contribution in [-0.2, 0) is 16.4 Å². The maximum absolute atomic E-state index is 15.6. The van der Waals surface area contributed by atoms with Gasteiger partial charge in [-0.3, -0.25) is 0 Å². The normalized spacial score (nSPS) is 24.2. The number of urea groups is 1. The molecule has 0 bridgehead atoms. The zero-order valence-corrected chi connectivity index (χ0v) is 19.2. The lowest BCUT2D eigenvalue weighted by molar-refractivity contribution is 0.0643. The SMILES string of the molecule is CS(=O)(=O)NC1C(Cc2cccc(-c3ccccc3)c2F)N(C(=O)N2CC(F)C2)CC12CC2. The van der Waals surface area contributed by atoms with Gasteiger partial charge in [-0.1, -0.05) is 48.5 Å². The molecule has 2 aromatic carbocycles. The number of benzene rings is 2. The molecule has 2 saturated heterocycles. The number of halogens is 2. The number of nitrogens with zero attached hydrogens (tertiary/aromatic N) is 2. The fraction of sp³-hybridized carbons (Fsp3) is 0.458. The molecular formula is C24H27F2N3O3S. The summed E-state index contributed by atoms with van der Waals surface area (Å²) in [7, 11) is -3.55. The number of sulfonamides is 1. The summed E-state index contributed by atoms with van der Waals surface area (Å²) in [6, 6.07) is 13.0. The molecule has 2 amide bonds. The van der Waals surface area contributed by atoms with Crippen molar-refractivity contribution in [2.24, 2.45) is 5.41 Å². The van der Waals surface area contributed by atoms with Crippen LogP contribution in [0.5, 0.6) is 0 Å². The minimum absolute atomic E-state index is 0.0388. The van der Waals surface area contributed by atoms with E-state index in [1.165, 1.54) is 4.90 Å². The summed E-state index contributed by atoms with van der Waals surface area (Å²) in [5, 5.41) is 0. The van der Waals surface area contributed by atoms with E-state index < -0.39 is 28.3 Å². The first kappa shape index (κ1) is 22.3. The maximum Gasteiger partial charge on any atom is 0.320 e. The van der Waals surface area contributed by atoms with Gasteiger partial charge in [0.05, 0.1) is 25.4 Å². The lowest BCUT2D eigenvalue weighted by atomic mass is 9.91. The van der Waals surface area contributed by atoms with Gasteiger partial charge in [-0.2, -0.15) is 0 Å². The topological polar surface area (TPSA) is 69.7 Å². The summed E-state index contributed by atoms with van der Waals surface area (Å²) in [6.45, 7) is 0.464. The van der Waals surface area contributed by atoms with Gasteiger partial charge >= 0.3 is 6.03 Å². The third-order valence-electron chi connectivity index (χ3n) is 7.11. The number of hydrogen-bond acceptors (Lipinski definition) is 3. The summed E-state index contributed by atoms with van der Waals surface area (Å²) in [5.74, 6) is -0.376. The van der Waals surface area contributed by atoms with Crippen LogP contribution in [0.4, 0.5) is 13.6 Å². The minimum Gasteiger partial charge on any atom is -0.319 e. The van der Waals surface area contributed by atoms with Crippen molar-refractivity contribution in [3.63, 3.8) is 0 Å². The standard InChI is InChI=1S/C24H27F2N3O3S/c1-33(31,32)27-22-20(29(15-24(22)10-11-24)23(30)28-13-18(25)14-28)12-17-8-5-9-19(21(17)26)16-6-3-2-4-7-16/h2-9,18,20,22,27H,10-15H2,1H3. The van der Waals surface area contributed by atoms with Crippen LogP contribution in [0.2, 0.25) is 0 Å². The van der Waals surface area contributed by atoms with Crippen LogP contribution < -0.4 is 4.72 Å². The molecule has 2 aromatic rings. The van der Waals surface area contributed by atoms with Crippen molar-refractivity contribution >= 4 is 16.1 Å². The molecule has 1 N–H and O–H groups in total. The third kappa shape index (κ3) is 4.24. The highest BCUT2D eigenvalue weighted by molar-refractivity contribution is 7.88. The number of alkyl halides is 1. The fourth-order valence-corrected chi connectivity index (χ4v) is 6.08. The number of carbonyl (C=O) groups is 1. The average molecular weight is 476 g/mol. The van der Waals surface area contributed by atoms with Crippen molar-refractivity contribution in [2.75, 3.05) is 25.9 Å². The summed E-state index contributed by atoms with van der Waals surface area (Å²) >= 11 is 0. The molecular weight excluding hydrogens is 448 g/mol. The zero-order valence-electron chi connectivity index (χ0n) is 18.4. The summed E-state index contributed by atoms with van der Waals surface area (Å²) in [4.78, 5) is 16.3. The van der Waals surface area contributed by atoms with E-state index in [1.54, 1.807) is 23.1 Å². The van der Waals surface area contributed by atoms with Crippen molar-refractivity contribution in [1.29, 1.82) is 0 Å². The zero-order chi connectivity index (χ0) is 23.4. The Morgan fingerprint density at radius 2 is 1.82 bits per heavy atom. The highest BCUT2D eigenvalue weighted by atomic mass is 32.2. The summed E-state index contributed by atoms with van der Waals surface area (Å²) in [5.41, 5.74) is 1.27. The largest absolute Gasteiger partial charge is 0.320 e. The smallest absolute Gasteiger partial charge is 0.319 e. The fourth-order valence-electron chi connectivity index (χ4n) is 5.21. The second kappa shape index (κ2) is 8.06. The molecule has 1 spiro atoms. The van der Waals surface area contributed by atoms with Gasteiger partial charge in [0.25, 0.3) is 0 Å². The molecule has 1 aliphatic carbocycles. The van der Waals surface area contributed by atoms with E-state index in [2.05, 4.69) is 4.72 Å². The number of hydrogen-bond donors (Lipinski definition) is 1. The second-order valence-corrected chi connectivity index (χ2v) is 11.3. The van der Waals surface area contributed by atoms with Gasteiger partial charge in [0, 0.05) is 23.6 Å². The van der Waals surface area contributed by atoms with Gasteiger partial charge in [-0.05, 0) is 30.4 Å². The molecule has 33 heavy (non-hydrogen) atoms. The molecule has 3 aliphatic rings. The first-order valence-corrected chi connectivity index (χ1v) is 13.1. The Morgan fingerprint density at radius 3 is 2.42 bits per heavy atom. The van der Waals surface area contributed by atoms with Crippen LogP contribution in [-0.4, -0.2) is 68.4 Å². The molecule has 176 valence electrons. The number of nitrogens with one attached hydrogen (secondary N) is 1. The van der Waals surface area contributed by atoms with Crippen molar-refractivity contribution in [3.8, 4) is 11.1 Å². The third-order valence-corrected chi connectivity index (χ3v) is 7.79. The lowest BCUT2D eigenvalue weighted by Crippen LogP contribution is -2.58. The van der Waals surface area contributed by atoms with E-state index in [9.17, 15) is 17.6 Å². The van der Waals surface area contributed by atoms with Crippen LogP contribution >= 0.6 is 0 Å². The van der Waals surface area contributed by atoms with Crippen LogP contribution in [0.1, 0.15) is 18.4 Å².